The van der Waals surface area contributed by atoms with Crippen molar-refractivity contribution in [3.63, 3.8) is 0 Å². The number of rotatable bonds is 1. The maximum Gasteiger partial charge on any atom is 0.257 e. The third kappa shape index (κ3) is 2.27. The monoisotopic (exact) mass is 250 g/mol. The molecule has 1 aliphatic heterocycles. The van der Waals surface area contributed by atoms with Crippen LogP contribution in [0.25, 0.3) is 0 Å². The van der Waals surface area contributed by atoms with E-state index in [0.29, 0.717) is 12.5 Å². The van der Waals surface area contributed by atoms with Gasteiger partial charge >= 0.3 is 0 Å². The Hall–Kier alpha value is -1.36. The predicted molar refractivity (Wildman–Crippen MR) is 70.3 cm³/mol. The first kappa shape index (κ1) is 13.1. The summed E-state index contributed by atoms with van der Waals surface area (Å²) < 4.78 is 1.76. The van der Waals surface area contributed by atoms with E-state index in [2.05, 4.69) is 12.0 Å². The Bertz CT molecular complexity index is 456. The topological polar surface area (TPSA) is 64.2 Å². The molecule has 1 aromatic heterocycles. The molecule has 0 bridgehead atoms. The molecule has 5 heteroatoms. The second-order valence-corrected chi connectivity index (χ2v) is 5.48. The van der Waals surface area contributed by atoms with Gasteiger partial charge in [-0.2, -0.15) is 5.10 Å². The van der Waals surface area contributed by atoms with Gasteiger partial charge < -0.3 is 10.6 Å². The predicted octanol–water partition coefficient (Wildman–Crippen LogP) is 0.846. The Balaban J connectivity index is 2.25. The molecule has 2 N–H and O–H groups in total. The Labute approximate surface area is 108 Å². The molecule has 0 aromatic carbocycles. The number of hydrogen-bond donors (Lipinski definition) is 1. The molecule has 2 unspecified atom stereocenters. The molecule has 2 rings (SSSR count). The van der Waals surface area contributed by atoms with Gasteiger partial charge in [0.05, 0.1) is 11.3 Å². The van der Waals surface area contributed by atoms with E-state index in [1.54, 1.807) is 4.68 Å². The molecule has 0 aliphatic carbocycles. The maximum absolute atomic E-state index is 12.6. The lowest BCUT2D eigenvalue weighted by atomic mass is 9.96. The van der Waals surface area contributed by atoms with E-state index < -0.39 is 0 Å². The van der Waals surface area contributed by atoms with E-state index in [1.165, 1.54) is 0 Å². The van der Waals surface area contributed by atoms with E-state index in [0.717, 1.165) is 29.9 Å². The summed E-state index contributed by atoms with van der Waals surface area (Å²) in [5.41, 5.74) is 8.45. The molecular weight excluding hydrogens is 228 g/mol. The first-order chi connectivity index (χ1) is 8.40. The van der Waals surface area contributed by atoms with Crippen molar-refractivity contribution < 1.29 is 4.79 Å². The largest absolute Gasteiger partial charge is 0.337 e. The zero-order valence-electron chi connectivity index (χ0n) is 11.6. The summed E-state index contributed by atoms with van der Waals surface area (Å²) in [5.74, 6) is 0.537. The number of hydrogen-bond acceptors (Lipinski definition) is 3. The molecule has 1 fully saturated rings. The molecule has 1 aromatic rings. The van der Waals surface area contributed by atoms with Crippen LogP contribution < -0.4 is 5.73 Å². The Kier molecular flexibility index (Phi) is 3.43. The van der Waals surface area contributed by atoms with E-state index in [-0.39, 0.29) is 11.9 Å². The molecular formula is C13H22N4O. The molecule has 1 saturated heterocycles. The Morgan fingerprint density at radius 1 is 1.39 bits per heavy atom. The van der Waals surface area contributed by atoms with Crippen LogP contribution in [0.5, 0.6) is 0 Å². The minimum atomic E-state index is 0.0695. The van der Waals surface area contributed by atoms with Crippen LogP contribution >= 0.6 is 0 Å². The number of aryl methyl sites for hydroxylation is 2. The second-order valence-electron chi connectivity index (χ2n) is 5.48. The molecule has 1 aliphatic rings. The highest BCUT2D eigenvalue weighted by atomic mass is 16.2. The summed E-state index contributed by atoms with van der Waals surface area (Å²) in [6.45, 7) is 7.40. The zero-order chi connectivity index (χ0) is 13.4. The van der Waals surface area contributed by atoms with Gasteiger partial charge in [0.2, 0.25) is 0 Å². The lowest BCUT2D eigenvalue weighted by molar-refractivity contribution is 0.0659. The minimum absolute atomic E-state index is 0.0695. The first-order valence-electron chi connectivity index (χ1n) is 6.45. The summed E-state index contributed by atoms with van der Waals surface area (Å²) >= 11 is 0. The van der Waals surface area contributed by atoms with Gasteiger partial charge in [-0.1, -0.05) is 6.92 Å². The average Bonchev–Trinajstić information content (AvgIpc) is 2.51. The summed E-state index contributed by atoms with van der Waals surface area (Å²) in [6.07, 6.45) is 0.995. The van der Waals surface area contributed by atoms with E-state index in [4.69, 9.17) is 5.73 Å². The van der Waals surface area contributed by atoms with Gasteiger partial charge in [-0.15, -0.1) is 0 Å². The fraction of sp³-hybridized carbons (Fsp3) is 0.692. The summed E-state index contributed by atoms with van der Waals surface area (Å²) in [7, 11) is 1.86. The van der Waals surface area contributed by atoms with E-state index in [1.807, 2.05) is 25.8 Å². The summed E-state index contributed by atoms with van der Waals surface area (Å²) in [4.78, 5) is 14.4. The van der Waals surface area contributed by atoms with Crippen LogP contribution in [-0.4, -0.2) is 39.7 Å². The maximum atomic E-state index is 12.6. The molecule has 5 nitrogen and oxygen atoms in total. The molecule has 0 spiro atoms. The van der Waals surface area contributed by atoms with Crippen molar-refractivity contribution in [3.05, 3.63) is 17.0 Å². The normalized spacial score (nSPS) is 24.4. The van der Waals surface area contributed by atoms with Crippen LogP contribution in [0, 0.1) is 19.8 Å². The molecule has 2 heterocycles. The number of nitrogens with two attached hydrogens (primary N) is 1. The van der Waals surface area contributed by atoms with Crippen LogP contribution in [0.3, 0.4) is 0 Å². The summed E-state index contributed by atoms with van der Waals surface area (Å²) in [6, 6.07) is 0.0926. The quantitative estimate of drug-likeness (QED) is 0.803. The van der Waals surface area contributed by atoms with Crippen molar-refractivity contribution in [2.75, 3.05) is 13.1 Å². The lowest BCUT2D eigenvalue weighted by Gasteiger charge is -2.34. The lowest BCUT2D eigenvalue weighted by Crippen LogP contribution is -2.49. The smallest absolute Gasteiger partial charge is 0.257 e. The van der Waals surface area contributed by atoms with Gasteiger partial charge in [0.15, 0.2) is 0 Å². The van der Waals surface area contributed by atoms with Crippen LogP contribution in [0.15, 0.2) is 0 Å². The van der Waals surface area contributed by atoms with E-state index in [9.17, 15) is 4.79 Å². The third-order valence-electron chi connectivity index (χ3n) is 3.70. The number of amides is 1. The molecule has 0 radical (unpaired) electrons. The van der Waals surface area contributed by atoms with Gasteiger partial charge in [-0.3, -0.25) is 9.48 Å². The number of aromatic nitrogens is 2. The van der Waals surface area contributed by atoms with Crippen molar-refractivity contribution in [1.29, 1.82) is 0 Å². The van der Waals surface area contributed by atoms with Crippen molar-refractivity contribution in [2.24, 2.45) is 18.7 Å². The standard InChI is InChI=1S/C13H22N4O/c1-8-5-11(14)7-17(6-8)13(18)12-9(2)15-16(4)10(12)3/h8,11H,5-7,14H2,1-4H3. The Morgan fingerprint density at radius 2 is 2.06 bits per heavy atom. The highest BCUT2D eigenvalue weighted by Crippen LogP contribution is 2.20. The van der Waals surface area contributed by atoms with E-state index >= 15 is 0 Å². The zero-order valence-corrected chi connectivity index (χ0v) is 11.6. The van der Waals surface area contributed by atoms with Gasteiger partial charge in [0.1, 0.15) is 0 Å². The number of piperidine rings is 1. The van der Waals surface area contributed by atoms with Crippen molar-refractivity contribution in [1.82, 2.24) is 14.7 Å². The highest BCUT2D eigenvalue weighted by Gasteiger charge is 2.29. The van der Waals surface area contributed by atoms with Crippen LogP contribution in [0.4, 0.5) is 0 Å². The SMILES string of the molecule is Cc1nn(C)c(C)c1C(=O)N1CC(C)CC(N)C1. The molecule has 2 atom stereocenters. The van der Waals surface area contributed by atoms with Gasteiger partial charge in [0.25, 0.3) is 5.91 Å². The first-order valence-corrected chi connectivity index (χ1v) is 6.45. The number of nitrogens with zero attached hydrogens (tertiary/aromatic N) is 3. The minimum Gasteiger partial charge on any atom is -0.337 e. The van der Waals surface area contributed by atoms with Crippen LogP contribution in [0.1, 0.15) is 35.1 Å². The molecule has 100 valence electrons. The molecule has 0 saturated carbocycles. The second kappa shape index (κ2) is 4.72. The Morgan fingerprint density at radius 3 is 2.56 bits per heavy atom. The fourth-order valence-corrected chi connectivity index (χ4v) is 2.81. The summed E-state index contributed by atoms with van der Waals surface area (Å²) in [5, 5.41) is 4.30. The van der Waals surface area contributed by atoms with Crippen molar-refractivity contribution >= 4 is 5.91 Å². The number of carbonyl (C=O) groups is 1. The average molecular weight is 250 g/mol. The fourth-order valence-electron chi connectivity index (χ4n) is 2.81. The van der Waals surface area contributed by atoms with Gasteiger partial charge in [0, 0.05) is 31.9 Å². The van der Waals surface area contributed by atoms with Crippen LogP contribution in [0.2, 0.25) is 0 Å². The number of likely N-dealkylation sites (tertiary alicyclic amines) is 1. The van der Waals surface area contributed by atoms with Gasteiger partial charge in [-0.25, -0.2) is 0 Å². The number of carbonyl (C=O) groups excluding carboxylic acids is 1. The van der Waals surface area contributed by atoms with Crippen molar-refractivity contribution in [2.45, 2.75) is 33.2 Å². The van der Waals surface area contributed by atoms with Crippen LogP contribution in [-0.2, 0) is 7.05 Å². The highest BCUT2D eigenvalue weighted by molar-refractivity contribution is 5.96. The molecule has 18 heavy (non-hydrogen) atoms. The molecule has 1 amide bonds. The van der Waals surface area contributed by atoms with Crippen molar-refractivity contribution in [3.8, 4) is 0 Å². The van der Waals surface area contributed by atoms with Gasteiger partial charge in [-0.05, 0) is 26.2 Å². The third-order valence-corrected chi connectivity index (χ3v) is 3.70.